The summed E-state index contributed by atoms with van der Waals surface area (Å²) < 4.78 is 1.52. The molecular weight excluding hydrogens is 336 g/mol. The van der Waals surface area contributed by atoms with Crippen molar-refractivity contribution in [3.63, 3.8) is 0 Å². The van der Waals surface area contributed by atoms with Crippen LogP contribution in [0.3, 0.4) is 0 Å². The number of benzene rings is 2. The lowest BCUT2D eigenvalue weighted by molar-refractivity contribution is -0.385. The quantitative estimate of drug-likeness (QED) is 0.429. The zero-order chi connectivity index (χ0) is 18.5. The Bertz CT molecular complexity index is 982. The van der Waals surface area contributed by atoms with Crippen LogP contribution in [0.15, 0.2) is 54.9 Å². The summed E-state index contributed by atoms with van der Waals surface area (Å²) in [5.74, 6) is -0.391. The molecule has 26 heavy (non-hydrogen) atoms. The van der Waals surface area contributed by atoms with E-state index in [-0.39, 0.29) is 5.69 Å². The van der Waals surface area contributed by atoms with Crippen molar-refractivity contribution in [1.82, 2.24) is 20.2 Å². The van der Waals surface area contributed by atoms with E-state index in [9.17, 15) is 14.9 Å². The average Bonchev–Trinajstić information content (AvgIpc) is 3.14. The molecule has 3 rings (SSSR count). The highest BCUT2D eigenvalue weighted by molar-refractivity contribution is 6.02. The van der Waals surface area contributed by atoms with Gasteiger partial charge in [0.1, 0.15) is 6.33 Å². The molecule has 0 aliphatic carbocycles. The Kier molecular flexibility index (Phi) is 4.79. The Morgan fingerprint density at radius 2 is 2.08 bits per heavy atom. The van der Waals surface area contributed by atoms with E-state index in [2.05, 4.69) is 20.8 Å². The van der Waals surface area contributed by atoms with Crippen LogP contribution in [0.5, 0.6) is 0 Å². The predicted octanol–water partition coefficient (Wildman–Crippen LogP) is 2.53. The monoisotopic (exact) mass is 350 g/mol. The van der Waals surface area contributed by atoms with E-state index in [4.69, 9.17) is 0 Å². The average molecular weight is 350 g/mol. The molecule has 1 N–H and O–H groups in total. The zero-order valence-corrected chi connectivity index (χ0v) is 13.7. The van der Waals surface area contributed by atoms with Crippen molar-refractivity contribution in [2.75, 3.05) is 5.32 Å². The number of nitro benzene ring substituents is 1. The van der Waals surface area contributed by atoms with Crippen LogP contribution in [0.4, 0.5) is 11.4 Å². The summed E-state index contributed by atoms with van der Waals surface area (Å²) in [5, 5.41) is 24.7. The van der Waals surface area contributed by atoms with Gasteiger partial charge in [0.05, 0.1) is 16.2 Å². The summed E-state index contributed by atoms with van der Waals surface area (Å²) >= 11 is 0. The van der Waals surface area contributed by atoms with Gasteiger partial charge >= 0.3 is 0 Å². The van der Waals surface area contributed by atoms with Gasteiger partial charge in [-0.25, -0.2) is 4.68 Å². The van der Waals surface area contributed by atoms with Crippen LogP contribution in [0.1, 0.15) is 11.1 Å². The van der Waals surface area contributed by atoms with Crippen molar-refractivity contribution >= 4 is 23.4 Å². The fourth-order valence-corrected chi connectivity index (χ4v) is 2.41. The molecule has 0 aliphatic heterocycles. The van der Waals surface area contributed by atoms with Gasteiger partial charge in [-0.05, 0) is 53.3 Å². The molecule has 3 aromatic rings. The number of nitrogens with one attached hydrogen (secondary N) is 1. The molecule has 1 aromatic heterocycles. The number of para-hydroxylation sites is 1. The van der Waals surface area contributed by atoms with E-state index in [0.29, 0.717) is 11.3 Å². The first-order valence-corrected chi connectivity index (χ1v) is 7.61. The van der Waals surface area contributed by atoms with Crippen molar-refractivity contribution < 1.29 is 9.72 Å². The molecule has 0 fully saturated rings. The number of anilines is 1. The fourth-order valence-electron chi connectivity index (χ4n) is 2.41. The normalized spacial score (nSPS) is 10.8. The third-order valence-corrected chi connectivity index (χ3v) is 3.61. The summed E-state index contributed by atoms with van der Waals surface area (Å²) in [6.45, 7) is 1.87. The number of carbonyl (C=O) groups excluding carboxylic acids is 1. The van der Waals surface area contributed by atoms with Crippen LogP contribution in [0.2, 0.25) is 0 Å². The maximum atomic E-state index is 12.1. The zero-order valence-electron chi connectivity index (χ0n) is 13.7. The SMILES string of the molecule is Cc1cc(NC(=O)/C=C/c2ccccc2[N+](=O)[O-])ccc1-n1cnnn1. The summed E-state index contributed by atoms with van der Waals surface area (Å²) in [6.07, 6.45) is 4.15. The molecule has 2 aromatic carbocycles. The molecule has 1 amide bonds. The molecule has 0 spiro atoms. The standard InChI is InChI=1S/C17H14N6O3/c1-12-10-14(7-8-15(12)22-11-18-20-21-22)19-17(24)9-6-13-4-2-3-5-16(13)23(25)26/h2-11H,1H3,(H,19,24)/b9-6+. The van der Waals surface area contributed by atoms with Gasteiger partial charge in [-0.1, -0.05) is 12.1 Å². The van der Waals surface area contributed by atoms with E-state index in [1.54, 1.807) is 36.4 Å². The number of carbonyl (C=O) groups is 1. The highest BCUT2D eigenvalue weighted by Crippen LogP contribution is 2.20. The molecule has 130 valence electrons. The number of aryl methyl sites for hydroxylation is 1. The highest BCUT2D eigenvalue weighted by Gasteiger charge is 2.10. The minimum absolute atomic E-state index is 0.0572. The highest BCUT2D eigenvalue weighted by atomic mass is 16.6. The van der Waals surface area contributed by atoms with Gasteiger partial charge in [-0.15, -0.1) is 5.10 Å². The Labute approximate surface area is 148 Å². The Morgan fingerprint density at radius 3 is 2.77 bits per heavy atom. The molecule has 9 heteroatoms. The number of amides is 1. The van der Waals surface area contributed by atoms with Crippen LogP contribution in [0, 0.1) is 17.0 Å². The lowest BCUT2D eigenvalue weighted by atomic mass is 10.1. The molecule has 9 nitrogen and oxygen atoms in total. The van der Waals surface area contributed by atoms with Crippen LogP contribution < -0.4 is 5.32 Å². The minimum atomic E-state index is -0.487. The molecule has 0 bridgehead atoms. The van der Waals surface area contributed by atoms with Crippen molar-refractivity contribution in [2.24, 2.45) is 0 Å². The van der Waals surface area contributed by atoms with Crippen LogP contribution in [-0.2, 0) is 4.79 Å². The topological polar surface area (TPSA) is 116 Å². The Hall–Kier alpha value is -3.88. The molecule has 0 aliphatic rings. The second-order valence-electron chi connectivity index (χ2n) is 5.39. The summed E-state index contributed by atoms with van der Waals surface area (Å²) in [7, 11) is 0. The Balaban J connectivity index is 1.73. The largest absolute Gasteiger partial charge is 0.323 e. The number of nitrogens with zero attached hydrogens (tertiary/aromatic N) is 5. The fraction of sp³-hybridized carbons (Fsp3) is 0.0588. The van der Waals surface area contributed by atoms with E-state index >= 15 is 0 Å². The Morgan fingerprint density at radius 1 is 1.27 bits per heavy atom. The van der Waals surface area contributed by atoms with Gasteiger partial charge in [-0.2, -0.15) is 0 Å². The second kappa shape index (κ2) is 7.34. The first-order valence-electron chi connectivity index (χ1n) is 7.61. The number of hydrogen-bond donors (Lipinski definition) is 1. The van der Waals surface area contributed by atoms with Gasteiger partial charge in [0.2, 0.25) is 5.91 Å². The van der Waals surface area contributed by atoms with Gasteiger partial charge in [-0.3, -0.25) is 14.9 Å². The van der Waals surface area contributed by atoms with Crippen LogP contribution in [-0.4, -0.2) is 31.0 Å². The predicted molar refractivity (Wildman–Crippen MR) is 94.7 cm³/mol. The maximum absolute atomic E-state index is 12.1. The molecule has 0 unspecified atom stereocenters. The van der Waals surface area contributed by atoms with E-state index in [0.717, 1.165) is 11.3 Å². The first-order chi connectivity index (χ1) is 12.5. The summed E-state index contributed by atoms with van der Waals surface area (Å²) in [6, 6.07) is 11.5. The molecule has 0 radical (unpaired) electrons. The molecule has 0 saturated carbocycles. The van der Waals surface area contributed by atoms with Gasteiger partial charge in [0, 0.05) is 17.8 Å². The van der Waals surface area contributed by atoms with Gasteiger partial charge < -0.3 is 5.32 Å². The molecule has 1 heterocycles. The van der Waals surface area contributed by atoms with Crippen molar-refractivity contribution in [3.8, 4) is 5.69 Å². The number of hydrogen-bond acceptors (Lipinski definition) is 6. The van der Waals surface area contributed by atoms with E-state index in [1.165, 1.54) is 29.2 Å². The van der Waals surface area contributed by atoms with Gasteiger partial charge in [0.25, 0.3) is 5.69 Å². The minimum Gasteiger partial charge on any atom is -0.323 e. The number of aromatic nitrogens is 4. The van der Waals surface area contributed by atoms with Crippen molar-refractivity contribution in [3.05, 3.63) is 76.1 Å². The second-order valence-corrected chi connectivity index (χ2v) is 5.39. The van der Waals surface area contributed by atoms with E-state index in [1.807, 2.05) is 6.92 Å². The van der Waals surface area contributed by atoms with Gasteiger partial charge in [0.15, 0.2) is 0 Å². The lowest BCUT2D eigenvalue weighted by Crippen LogP contribution is -2.08. The van der Waals surface area contributed by atoms with Crippen molar-refractivity contribution in [2.45, 2.75) is 6.92 Å². The molecule has 0 saturated heterocycles. The summed E-state index contributed by atoms with van der Waals surface area (Å²) in [5.41, 5.74) is 2.56. The number of nitro groups is 1. The third-order valence-electron chi connectivity index (χ3n) is 3.61. The number of rotatable bonds is 5. The van der Waals surface area contributed by atoms with E-state index < -0.39 is 10.8 Å². The third kappa shape index (κ3) is 3.78. The van der Waals surface area contributed by atoms with Crippen molar-refractivity contribution in [1.29, 1.82) is 0 Å². The lowest BCUT2D eigenvalue weighted by Gasteiger charge is -2.08. The number of tetrazole rings is 1. The van der Waals surface area contributed by atoms with Crippen LogP contribution in [0.25, 0.3) is 11.8 Å². The smallest absolute Gasteiger partial charge is 0.276 e. The summed E-state index contributed by atoms with van der Waals surface area (Å²) in [4.78, 5) is 22.6. The molecular formula is C17H14N6O3. The molecule has 0 atom stereocenters. The first kappa shape index (κ1) is 17.0. The van der Waals surface area contributed by atoms with Crippen LogP contribution >= 0.6 is 0 Å². The maximum Gasteiger partial charge on any atom is 0.276 e.